The number of alkyl halides is 2. The van der Waals surface area contributed by atoms with E-state index in [0.29, 0.717) is 16.9 Å². The zero-order valence-corrected chi connectivity index (χ0v) is 10.7. The van der Waals surface area contributed by atoms with Crippen molar-refractivity contribution in [2.24, 2.45) is 0 Å². The Morgan fingerprint density at radius 3 is 2.48 bits per heavy atom. The molecule has 3 rings (SSSR count). The summed E-state index contributed by atoms with van der Waals surface area (Å²) in [4.78, 5) is 4.00. The highest BCUT2D eigenvalue weighted by atomic mass is 19.3. The van der Waals surface area contributed by atoms with Crippen molar-refractivity contribution in [2.75, 3.05) is 5.73 Å². The zero-order chi connectivity index (χ0) is 14.8. The van der Waals surface area contributed by atoms with Crippen LogP contribution in [0.2, 0.25) is 0 Å². The number of ether oxygens (including phenoxy) is 1. The quantitative estimate of drug-likeness (QED) is 0.802. The lowest BCUT2D eigenvalue weighted by atomic mass is 10.1. The maximum absolute atomic E-state index is 12.1. The van der Waals surface area contributed by atoms with E-state index in [4.69, 9.17) is 5.73 Å². The van der Waals surface area contributed by atoms with Gasteiger partial charge in [0.15, 0.2) is 5.82 Å². The molecule has 0 atom stereocenters. The van der Waals surface area contributed by atoms with Gasteiger partial charge in [-0.1, -0.05) is 0 Å². The minimum Gasteiger partial charge on any atom is -0.435 e. The number of anilines is 1. The molecule has 0 saturated heterocycles. The van der Waals surface area contributed by atoms with E-state index in [9.17, 15) is 8.78 Å². The second kappa shape index (κ2) is 5.28. The van der Waals surface area contributed by atoms with Gasteiger partial charge in [0.2, 0.25) is 0 Å². The Hall–Kier alpha value is -2.83. The number of rotatable bonds is 3. The molecule has 0 unspecified atom stereocenters. The van der Waals surface area contributed by atoms with E-state index in [-0.39, 0.29) is 5.75 Å². The number of nitrogens with zero attached hydrogens (tertiary/aromatic N) is 3. The van der Waals surface area contributed by atoms with Gasteiger partial charge in [-0.05, 0) is 30.3 Å². The molecule has 0 amide bonds. The van der Waals surface area contributed by atoms with Gasteiger partial charge in [0.1, 0.15) is 11.4 Å². The molecule has 0 bridgehead atoms. The van der Waals surface area contributed by atoms with Crippen LogP contribution < -0.4 is 10.5 Å². The number of aromatic nitrogens is 3. The predicted molar refractivity (Wildman–Crippen MR) is 73.8 cm³/mol. The number of pyridine rings is 1. The number of fused-ring (bicyclic) bond motifs is 1. The van der Waals surface area contributed by atoms with Crippen LogP contribution in [0.15, 0.2) is 42.7 Å². The molecule has 2 N–H and O–H groups in total. The summed E-state index contributed by atoms with van der Waals surface area (Å²) < 4.78 is 28.6. The van der Waals surface area contributed by atoms with Gasteiger partial charge in [-0.3, -0.25) is 4.98 Å². The molecule has 0 aliphatic rings. The Morgan fingerprint density at radius 1 is 1.00 bits per heavy atom. The number of benzene rings is 1. The molecule has 5 nitrogen and oxygen atoms in total. The van der Waals surface area contributed by atoms with E-state index in [1.54, 1.807) is 30.6 Å². The van der Waals surface area contributed by atoms with Crippen molar-refractivity contribution in [2.45, 2.75) is 6.61 Å². The van der Waals surface area contributed by atoms with Crippen LogP contribution >= 0.6 is 0 Å². The molecule has 0 aliphatic carbocycles. The zero-order valence-electron chi connectivity index (χ0n) is 10.7. The molecule has 0 fully saturated rings. The number of nitrogens with two attached hydrogens (primary N) is 1. The number of hydrogen-bond acceptors (Lipinski definition) is 5. The van der Waals surface area contributed by atoms with E-state index in [0.717, 1.165) is 10.9 Å². The summed E-state index contributed by atoms with van der Waals surface area (Å²) in [5.74, 6) is 0.377. The first kappa shape index (κ1) is 13.2. The average Bonchev–Trinajstić information content (AvgIpc) is 2.48. The fourth-order valence-corrected chi connectivity index (χ4v) is 2.02. The molecule has 2 heterocycles. The van der Waals surface area contributed by atoms with Crippen LogP contribution in [-0.2, 0) is 0 Å². The smallest absolute Gasteiger partial charge is 0.387 e. The first-order chi connectivity index (χ1) is 10.1. The Balaban J connectivity index is 2.06. The summed E-state index contributed by atoms with van der Waals surface area (Å²) >= 11 is 0. The second-order valence-electron chi connectivity index (χ2n) is 4.26. The topological polar surface area (TPSA) is 73.9 Å². The van der Waals surface area contributed by atoms with Crippen LogP contribution in [0.5, 0.6) is 5.75 Å². The normalized spacial score (nSPS) is 11.0. The molecule has 3 aromatic rings. The van der Waals surface area contributed by atoms with Crippen LogP contribution in [0.1, 0.15) is 0 Å². The van der Waals surface area contributed by atoms with Crippen molar-refractivity contribution in [3.05, 3.63) is 42.7 Å². The van der Waals surface area contributed by atoms with Crippen LogP contribution in [-0.4, -0.2) is 21.8 Å². The SMILES string of the molecule is Nc1nnc(-c2ccc(OC(F)F)cc2)c2ccncc12. The molecule has 21 heavy (non-hydrogen) atoms. The lowest BCUT2D eigenvalue weighted by Gasteiger charge is -2.08. The maximum atomic E-state index is 12.1. The van der Waals surface area contributed by atoms with E-state index in [2.05, 4.69) is 19.9 Å². The molecule has 7 heteroatoms. The minimum atomic E-state index is -2.85. The highest BCUT2D eigenvalue weighted by Gasteiger charge is 2.10. The largest absolute Gasteiger partial charge is 0.435 e. The second-order valence-corrected chi connectivity index (χ2v) is 4.26. The highest BCUT2D eigenvalue weighted by molar-refractivity contribution is 5.98. The standard InChI is InChI=1S/C14H10F2N4O/c15-14(16)21-9-3-1-8(2-4-9)12-10-5-6-18-7-11(10)13(17)20-19-12/h1-7,14H,(H2,17,20). The molecule has 0 saturated carbocycles. The average molecular weight is 288 g/mol. The molecule has 2 aromatic heterocycles. The van der Waals surface area contributed by atoms with Crippen molar-refractivity contribution in [1.29, 1.82) is 0 Å². The molecule has 0 radical (unpaired) electrons. The third kappa shape index (κ3) is 2.58. The van der Waals surface area contributed by atoms with Gasteiger partial charge in [0, 0.05) is 28.7 Å². The van der Waals surface area contributed by atoms with E-state index < -0.39 is 6.61 Å². The lowest BCUT2D eigenvalue weighted by molar-refractivity contribution is -0.0498. The van der Waals surface area contributed by atoms with Crippen LogP contribution in [0.3, 0.4) is 0 Å². The molecule has 106 valence electrons. The third-order valence-corrected chi connectivity index (χ3v) is 2.96. The van der Waals surface area contributed by atoms with Gasteiger partial charge in [-0.25, -0.2) is 0 Å². The Morgan fingerprint density at radius 2 is 1.76 bits per heavy atom. The molecule has 1 aromatic carbocycles. The van der Waals surface area contributed by atoms with E-state index in [1.807, 2.05) is 0 Å². The van der Waals surface area contributed by atoms with Gasteiger partial charge < -0.3 is 10.5 Å². The van der Waals surface area contributed by atoms with Gasteiger partial charge >= 0.3 is 6.61 Å². The summed E-state index contributed by atoms with van der Waals surface area (Å²) in [5.41, 5.74) is 7.09. The lowest BCUT2D eigenvalue weighted by Crippen LogP contribution is -2.01. The van der Waals surface area contributed by atoms with Crippen LogP contribution in [0, 0.1) is 0 Å². The van der Waals surface area contributed by atoms with Crippen molar-refractivity contribution in [1.82, 2.24) is 15.2 Å². The van der Waals surface area contributed by atoms with Crippen LogP contribution in [0.4, 0.5) is 14.6 Å². The Labute approximate surface area is 118 Å². The number of halogens is 2. The van der Waals surface area contributed by atoms with E-state index in [1.165, 1.54) is 12.1 Å². The van der Waals surface area contributed by atoms with Crippen molar-refractivity contribution < 1.29 is 13.5 Å². The summed E-state index contributed by atoms with van der Waals surface area (Å²) in [6, 6.07) is 7.95. The Bertz CT molecular complexity index is 778. The third-order valence-electron chi connectivity index (χ3n) is 2.96. The fraction of sp³-hybridized carbons (Fsp3) is 0.0714. The minimum absolute atomic E-state index is 0.0862. The van der Waals surface area contributed by atoms with Gasteiger partial charge in [-0.15, -0.1) is 10.2 Å². The van der Waals surface area contributed by atoms with E-state index >= 15 is 0 Å². The van der Waals surface area contributed by atoms with Crippen LogP contribution in [0.25, 0.3) is 22.0 Å². The molecule has 0 aliphatic heterocycles. The number of hydrogen-bond donors (Lipinski definition) is 1. The van der Waals surface area contributed by atoms with Gasteiger partial charge in [0.05, 0.1) is 0 Å². The molecule has 0 spiro atoms. The monoisotopic (exact) mass is 288 g/mol. The maximum Gasteiger partial charge on any atom is 0.387 e. The summed E-state index contributed by atoms with van der Waals surface area (Å²) in [6.07, 6.45) is 3.23. The van der Waals surface area contributed by atoms with Crippen molar-refractivity contribution in [3.63, 3.8) is 0 Å². The van der Waals surface area contributed by atoms with Crippen molar-refractivity contribution in [3.8, 4) is 17.0 Å². The number of nitrogen functional groups attached to an aromatic ring is 1. The molecular formula is C14H10F2N4O. The summed E-state index contributed by atoms with van der Waals surface area (Å²) in [6.45, 7) is -2.85. The summed E-state index contributed by atoms with van der Waals surface area (Å²) in [5, 5.41) is 9.45. The first-order valence-electron chi connectivity index (χ1n) is 6.06. The first-order valence-corrected chi connectivity index (χ1v) is 6.06. The van der Waals surface area contributed by atoms with Gasteiger partial charge in [-0.2, -0.15) is 8.78 Å². The van der Waals surface area contributed by atoms with Crippen molar-refractivity contribution >= 4 is 16.6 Å². The van der Waals surface area contributed by atoms with Gasteiger partial charge in [0.25, 0.3) is 0 Å². The predicted octanol–water partition coefficient (Wildman–Crippen LogP) is 2.88. The Kier molecular flexibility index (Phi) is 3.31. The molecular weight excluding hydrogens is 278 g/mol. The highest BCUT2D eigenvalue weighted by Crippen LogP contribution is 2.29. The fourth-order valence-electron chi connectivity index (χ4n) is 2.02. The summed E-state index contributed by atoms with van der Waals surface area (Å²) in [7, 11) is 0.